The zero-order valence-corrected chi connectivity index (χ0v) is 16.3. The van der Waals surface area contributed by atoms with Crippen molar-refractivity contribution in [2.75, 3.05) is 20.3 Å². The molecule has 0 saturated carbocycles. The van der Waals surface area contributed by atoms with Crippen LogP contribution in [0.15, 0.2) is 0 Å². The van der Waals surface area contributed by atoms with E-state index in [-0.39, 0.29) is 19.4 Å². The molecule has 8 nitrogen and oxygen atoms in total. The molecule has 9 heteroatoms. The molecule has 0 saturated heterocycles. The predicted octanol–water partition coefficient (Wildman–Crippen LogP) is 3.37. The Labute approximate surface area is 149 Å². The van der Waals surface area contributed by atoms with Gasteiger partial charge in [0.25, 0.3) is 0 Å². The van der Waals surface area contributed by atoms with Gasteiger partial charge in [0.05, 0.1) is 6.61 Å². The van der Waals surface area contributed by atoms with Gasteiger partial charge in [-0.15, -0.1) is 0 Å². The zero-order valence-electron chi connectivity index (χ0n) is 15.4. The molecule has 0 aliphatic carbocycles. The van der Waals surface area contributed by atoms with E-state index in [0.717, 1.165) is 32.8 Å². The molecule has 1 N–H and O–H groups in total. The molecule has 0 aromatic heterocycles. The molecule has 25 heavy (non-hydrogen) atoms. The van der Waals surface area contributed by atoms with Crippen molar-refractivity contribution in [3.63, 3.8) is 0 Å². The second-order valence-corrected chi connectivity index (χ2v) is 7.22. The van der Waals surface area contributed by atoms with E-state index in [2.05, 4.69) is 11.4 Å². The molecule has 0 heterocycles. The minimum atomic E-state index is -4.20. The van der Waals surface area contributed by atoms with Gasteiger partial charge in [0.15, 0.2) is 6.10 Å². The number of phosphoric acid groups is 1. The van der Waals surface area contributed by atoms with Crippen LogP contribution in [0, 0.1) is 0 Å². The first-order valence-corrected chi connectivity index (χ1v) is 10.2. The van der Waals surface area contributed by atoms with E-state index in [9.17, 15) is 19.0 Å². The van der Waals surface area contributed by atoms with Crippen LogP contribution in [0.5, 0.6) is 0 Å². The van der Waals surface area contributed by atoms with Gasteiger partial charge in [-0.1, -0.05) is 39.5 Å². The van der Waals surface area contributed by atoms with Gasteiger partial charge in [-0.2, -0.15) is 0 Å². The topological polar surface area (TPSA) is 108 Å². The summed E-state index contributed by atoms with van der Waals surface area (Å²) in [7, 11) is -3.17. The lowest BCUT2D eigenvalue weighted by atomic mass is 10.1. The van der Waals surface area contributed by atoms with Crippen molar-refractivity contribution < 1.29 is 37.6 Å². The quantitative estimate of drug-likeness (QED) is 0.261. The van der Waals surface area contributed by atoms with Crippen LogP contribution >= 0.6 is 7.82 Å². The van der Waals surface area contributed by atoms with Crippen molar-refractivity contribution in [3.8, 4) is 0 Å². The Bertz CT molecular complexity index is 426. The Hall–Kier alpha value is -0.950. The lowest BCUT2D eigenvalue weighted by Crippen LogP contribution is -2.29. The van der Waals surface area contributed by atoms with Gasteiger partial charge in [0.2, 0.25) is 0 Å². The Morgan fingerprint density at radius 1 is 0.960 bits per heavy atom. The van der Waals surface area contributed by atoms with Gasteiger partial charge in [0.1, 0.15) is 6.61 Å². The summed E-state index contributed by atoms with van der Waals surface area (Å²) in [6.07, 6.45) is 5.11. The third-order valence-corrected chi connectivity index (χ3v) is 4.26. The highest BCUT2D eigenvalue weighted by Crippen LogP contribution is 2.42. The van der Waals surface area contributed by atoms with E-state index in [1.807, 2.05) is 6.92 Å². The zero-order chi connectivity index (χ0) is 19.1. The SMILES string of the molecule is CCCCCCCC(=O)O[C@H](COC(=O)CCC)COP(=O)(O)OC. The van der Waals surface area contributed by atoms with Crippen LogP contribution in [0.25, 0.3) is 0 Å². The van der Waals surface area contributed by atoms with E-state index < -0.39 is 32.5 Å². The summed E-state index contributed by atoms with van der Waals surface area (Å²) >= 11 is 0. The standard InChI is InChI=1S/C16H31O8P/c1-4-6-7-8-9-11-16(18)24-14(12-22-15(17)10-5-2)13-23-25(19,20)21-3/h14H,4-13H2,1-3H3,(H,19,20)/t14-/m1/s1. The summed E-state index contributed by atoms with van der Waals surface area (Å²) in [5.74, 6) is -0.885. The Morgan fingerprint density at radius 2 is 1.64 bits per heavy atom. The Balaban J connectivity index is 4.37. The van der Waals surface area contributed by atoms with Crippen LogP contribution in [0.4, 0.5) is 0 Å². The molecule has 0 aromatic carbocycles. The fraction of sp³-hybridized carbons (Fsp3) is 0.875. The largest absolute Gasteiger partial charge is 0.472 e. The summed E-state index contributed by atoms with van der Waals surface area (Å²) in [5, 5.41) is 0. The highest BCUT2D eigenvalue weighted by atomic mass is 31.2. The van der Waals surface area contributed by atoms with Crippen molar-refractivity contribution >= 4 is 19.8 Å². The first-order valence-electron chi connectivity index (χ1n) is 8.72. The molecule has 0 amide bonds. The summed E-state index contributed by atoms with van der Waals surface area (Å²) in [6.45, 7) is 3.31. The van der Waals surface area contributed by atoms with Crippen LogP contribution in [0.1, 0.15) is 65.2 Å². The lowest BCUT2D eigenvalue weighted by Gasteiger charge is -2.19. The van der Waals surface area contributed by atoms with Crippen molar-refractivity contribution in [1.29, 1.82) is 0 Å². The van der Waals surface area contributed by atoms with E-state index >= 15 is 0 Å². The molecule has 0 radical (unpaired) electrons. The number of carbonyl (C=O) groups is 2. The summed E-state index contributed by atoms with van der Waals surface area (Å²) in [4.78, 5) is 32.6. The van der Waals surface area contributed by atoms with Gasteiger partial charge in [-0.25, -0.2) is 4.57 Å². The van der Waals surface area contributed by atoms with Crippen LogP contribution in [0.3, 0.4) is 0 Å². The number of carbonyl (C=O) groups excluding carboxylic acids is 2. The minimum absolute atomic E-state index is 0.232. The number of esters is 2. The summed E-state index contributed by atoms with van der Waals surface area (Å²) in [6, 6.07) is 0. The maximum Gasteiger partial charge on any atom is 0.472 e. The molecular weight excluding hydrogens is 351 g/mol. The highest BCUT2D eigenvalue weighted by molar-refractivity contribution is 7.47. The van der Waals surface area contributed by atoms with Crippen molar-refractivity contribution in [2.45, 2.75) is 71.3 Å². The number of phosphoric ester groups is 1. The fourth-order valence-corrected chi connectivity index (χ4v) is 2.39. The normalized spacial score (nSPS) is 14.6. The van der Waals surface area contributed by atoms with Gasteiger partial charge in [-0.3, -0.25) is 18.6 Å². The number of hydrogen-bond donors (Lipinski definition) is 1. The average molecular weight is 382 g/mol. The molecule has 0 spiro atoms. The second kappa shape index (κ2) is 14.2. The third-order valence-electron chi connectivity index (χ3n) is 3.32. The van der Waals surface area contributed by atoms with Gasteiger partial charge in [0, 0.05) is 20.0 Å². The molecule has 2 atom stereocenters. The summed E-state index contributed by atoms with van der Waals surface area (Å²) in [5.41, 5.74) is 0. The van der Waals surface area contributed by atoms with E-state index in [0.29, 0.717) is 12.8 Å². The number of unbranched alkanes of at least 4 members (excludes halogenated alkanes) is 4. The number of ether oxygens (including phenoxy) is 2. The smallest absolute Gasteiger partial charge is 0.462 e. The molecule has 0 aliphatic rings. The number of hydrogen-bond acceptors (Lipinski definition) is 7. The van der Waals surface area contributed by atoms with E-state index in [1.54, 1.807) is 0 Å². The first-order chi connectivity index (χ1) is 11.8. The molecule has 0 fully saturated rings. The van der Waals surface area contributed by atoms with E-state index in [1.165, 1.54) is 0 Å². The molecule has 0 aliphatic heterocycles. The highest BCUT2D eigenvalue weighted by Gasteiger charge is 2.24. The monoisotopic (exact) mass is 382 g/mol. The third kappa shape index (κ3) is 14.0. The van der Waals surface area contributed by atoms with Gasteiger partial charge < -0.3 is 14.4 Å². The first kappa shape index (κ1) is 24.1. The lowest BCUT2D eigenvalue weighted by molar-refractivity contribution is -0.161. The van der Waals surface area contributed by atoms with Crippen LogP contribution < -0.4 is 0 Å². The van der Waals surface area contributed by atoms with E-state index in [4.69, 9.17) is 14.0 Å². The number of rotatable bonds is 15. The van der Waals surface area contributed by atoms with Crippen LogP contribution in [-0.2, 0) is 32.7 Å². The maximum absolute atomic E-state index is 11.9. The molecule has 0 rings (SSSR count). The summed E-state index contributed by atoms with van der Waals surface area (Å²) < 4.78 is 30.6. The van der Waals surface area contributed by atoms with Crippen molar-refractivity contribution in [3.05, 3.63) is 0 Å². The molecule has 1 unspecified atom stereocenters. The Kier molecular flexibility index (Phi) is 13.7. The maximum atomic E-state index is 11.9. The molecule has 148 valence electrons. The van der Waals surface area contributed by atoms with Crippen molar-refractivity contribution in [2.24, 2.45) is 0 Å². The fourth-order valence-electron chi connectivity index (χ4n) is 1.93. The average Bonchev–Trinajstić information content (AvgIpc) is 2.57. The van der Waals surface area contributed by atoms with Crippen LogP contribution in [0.2, 0.25) is 0 Å². The molecule has 0 bridgehead atoms. The molecule has 0 aromatic rings. The van der Waals surface area contributed by atoms with Crippen molar-refractivity contribution in [1.82, 2.24) is 0 Å². The van der Waals surface area contributed by atoms with Gasteiger partial charge >= 0.3 is 19.8 Å². The van der Waals surface area contributed by atoms with Gasteiger partial charge in [-0.05, 0) is 12.8 Å². The Morgan fingerprint density at radius 3 is 2.24 bits per heavy atom. The predicted molar refractivity (Wildman–Crippen MR) is 91.9 cm³/mol. The second-order valence-electron chi connectivity index (χ2n) is 5.66. The minimum Gasteiger partial charge on any atom is -0.462 e. The molecular formula is C16H31O8P. The van der Waals surface area contributed by atoms with Crippen LogP contribution in [-0.4, -0.2) is 43.3 Å².